The van der Waals surface area contributed by atoms with Crippen molar-refractivity contribution in [2.24, 2.45) is 5.92 Å². The van der Waals surface area contributed by atoms with Crippen LogP contribution in [0.3, 0.4) is 0 Å². The number of halogens is 2. The number of hydrogen-bond donors (Lipinski definition) is 2. The normalized spacial score (nSPS) is 16.5. The van der Waals surface area contributed by atoms with Crippen molar-refractivity contribution < 1.29 is 14.4 Å². The van der Waals surface area contributed by atoms with Crippen molar-refractivity contribution in [3.05, 3.63) is 63.6 Å². The predicted molar refractivity (Wildman–Crippen MR) is 102 cm³/mol. The smallest absolute Gasteiger partial charge is 0.269 e. The molecule has 0 saturated carbocycles. The van der Waals surface area contributed by atoms with Gasteiger partial charge in [-0.25, -0.2) is 0 Å². The quantitative estimate of drug-likeness (QED) is 0.726. The lowest BCUT2D eigenvalue weighted by atomic mass is 10.1. The molecule has 1 heterocycles. The average molecular weight is 437 g/mol. The van der Waals surface area contributed by atoms with Crippen LogP contribution in [0.1, 0.15) is 16.8 Å². The van der Waals surface area contributed by atoms with E-state index in [2.05, 4.69) is 26.8 Å². The second kappa shape index (κ2) is 7.88. The maximum atomic E-state index is 12.3. The molecule has 1 atom stereocenters. The highest BCUT2D eigenvalue weighted by Gasteiger charge is 2.36. The Kier molecular flexibility index (Phi) is 5.58. The molecule has 6 nitrogen and oxygen atoms in total. The molecule has 2 N–H and O–H groups in total. The van der Waals surface area contributed by atoms with Crippen LogP contribution in [0.2, 0.25) is 5.02 Å². The van der Waals surface area contributed by atoms with Crippen molar-refractivity contribution >= 4 is 50.9 Å². The molecule has 1 aliphatic rings. The van der Waals surface area contributed by atoms with Gasteiger partial charge in [0.2, 0.25) is 11.8 Å². The molecule has 134 valence electrons. The molecule has 0 aliphatic carbocycles. The number of nitrogens with zero attached hydrogens (tertiary/aromatic N) is 1. The molecule has 0 radical (unpaired) electrons. The summed E-state index contributed by atoms with van der Waals surface area (Å²) in [4.78, 5) is 38.0. The molecule has 2 aromatic carbocycles. The minimum Gasteiger partial charge on any atom is -0.310 e. The summed E-state index contributed by atoms with van der Waals surface area (Å²) in [5.41, 5.74) is 5.74. The summed E-state index contributed by atoms with van der Waals surface area (Å²) in [6.45, 7) is 0.211. The number of carbonyl (C=O) groups excluding carboxylic acids is 3. The Bertz CT molecular complexity index is 857. The number of hydrogen-bond acceptors (Lipinski definition) is 3. The van der Waals surface area contributed by atoms with Gasteiger partial charge in [0.25, 0.3) is 5.91 Å². The zero-order chi connectivity index (χ0) is 18.7. The number of carbonyl (C=O) groups is 3. The number of rotatable bonds is 3. The summed E-state index contributed by atoms with van der Waals surface area (Å²) < 4.78 is 0.849. The molecule has 8 heteroatoms. The van der Waals surface area contributed by atoms with Gasteiger partial charge in [0.1, 0.15) is 0 Å². The molecule has 0 spiro atoms. The second-order valence-electron chi connectivity index (χ2n) is 5.81. The van der Waals surface area contributed by atoms with Crippen LogP contribution in [0.25, 0.3) is 0 Å². The van der Waals surface area contributed by atoms with Crippen LogP contribution < -0.4 is 15.8 Å². The monoisotopic (exact) mass is 435 g/mol. The highest BCUT2D eigenvalue weighted by molar-refractivity contribution is 9.10. The fraction of sp³-hybridized carbons (Fsp3) is 0.167. The number of amides is 3. The minimum absolute atomic E-state index is 0.0607. The third-order valence-electron chi connectivity index (χ3n) is 4.04. The van der Waals surface area contributed by atoms with Gasteiger partial charge >= 0.3 is 0 Å². The maximum absolute atomic E-state index is 12.3. The van der Waals surface area contributed by atoms with Crippen LogP contribution in [0.4, 0.5) is 5.69 Å². The fourth-order valence-electron chi connectivity index (χ4n) is 2.68. The van der Waals surface area contributed by atoms with Gasteiger partial charge in [-0.2, -0.15) is 0 Å². The van der Waals surface area contributed by atoms with E-state index in [1.54, 1.807) is 48.5 Å². The molecule has 1 aliphatic heterocycles. The Hall–Kier alpha value is -2.38. The SMILES string of the molecule is O=C(NNC(=O)[C@@H]1CC(=O)N(c2ccccc2Cl)C1)c1ccc(Br)cc1. The van der Waals surface area contributed by atoms with Crippen LogP contribution in [0.5, 0.6) is 0 Å². The summed E-state index contributed by atoms with van der Waals surface area (Å²) in [6.07, 6.45) is 0.0607. The van der Waals surface area contributed by atoms with E-state index in [0.29, 0.717) is 16.3 Å². The molecule has 2 aromatic rings. The predicted octanol–water partition coefficient (Wildman–Crippen LogP) is 2.92. The van der Waals surface area contributed by atoms with E-state index in [1.165, 1.54) is 4.90 Å². The lowest BCUT2D eigenvalue weighted by Gasteiger charge is -2.18. The van der Waals surface area contributed by atoms with E-state index >= 15 is 0 Å². The van der Waals surface area contributed by atoms with Crippen molar-refractivity contribution in [2.45, 2.75) is 6.42 Å². The van der Waals surface area contributed by atoms with Gasteiger partial charge < -0.3 is 4.90 Å². The largest absolute Gasteiger partial charge is 0.310 e. The van der Waals surface area contributed by atoms with Crippen molar-refractivity contribution in [1.82, 2.24) is 10.9 Å². The summed E-state index contributed by atoms with van der Waals surface area (Å²) in [7, 11) is 0. The average Bonchev–Trinajstić information content (AvgIpc) is 3.02. The van der Waals surface area contributed by atoms with Crippen molar-refractivity contribution in [3.8, 4) is 0 Å². The van der Waals surface area contributed by atoms with Crippen LogP contribution in [0.15, 0.2) is 53.0 Å². The molecular formula is C18H15BrClN3O3. The fourth-order valence-corrected chi connectivity index (χ4v) is 3.18. The number of benzene rings is 2. The first-order chi connectivity index (χ1) is 12.5. The standard InChI is InChI=1S/C18H15BrClN3O3/c19-13-7-5-11(6-8-13)17(25)21-22-18(26)12-9-16(24)23(10-12)15-4-2-1-3-14(15)20/h1-8,12H,9-10H2,(H,21,25)(H,22,26)/t12-/m1/s1. The third-order valence-corrected chi connectivity index (χ3v) is 4.89. The number of hydrazine groups is 1. The first kappa shape index (κ1) is 18.4. The van der Waals surface area contributed by atoms with Crippen molar-refractivity contribution in [2.75, 3.05) is 11.4 Å². The molecule has 26 heavy (non-hydrogen) atoms. The van der Waals surface area contributed by atoms with E-state index in [-0.39, 0.29) is 18.9 Å². The summed E-state index contributed by atoms with van der Waals surface area (Å²) >= 11 is 9.41. The van der Waals surface area contributed by atoms with E-state index in [1.807, 2.05) is 0 Å². The van der Waals surface area contributed by atoms with Crippen LogP contribution in [-0.2, 0) is 9.59 Å². The first-order valence-electron chi connectivity index (χ1n) is 7.86. The topological polar surface area (TPSA) is 78.5 Å². The number of para-hydroxylation sites is 1. The Morgan fingerprint density at radius 1 is 1.08 bits per heavy atom. The van der Waals surface area contributed by atoms with Gasteiger partial charge in [-0.15, -0.1) is 0 Å². The van der Waals surface area contributed by atoms with Crippen LogP contribution in [0, 0.1) is 5.92 Å². The van der Waals surface area contributed by atoms with Gasteiger partial charge in [0.05, 0.1) is 16.6 Å². The van der Waals surface area contributed by atoms with E-state index in [0.717, 1.165) is 4.47 Å². The van der Waals surface area contributed by atoms with E-state index in [9.17, 15) is 14.4 Å². The van der Waals surface area contributed by atoms with Crippen molar-refractivity contribution in [1.29, 1.82) is 0 Å². The van der Waals surface area contributed by atoms with Crippen LogP contribution >= 0.6 is 27.5 Å². The maximum Gasteiger partial charge on any atom is 0.269 e. The minimum atomic E-state index is -0.566. The highest BCUT2D eigenvalue weighted by Crippen LogP contribution is 2.30. The number of anilines is 1. The van der Waals surface area contributed by atoms with E-state index in [4.69, 9.17) is 11.6 Å². The molecule has 0 bridgehead atoms. The van der Waals surface area contributed by atoms with Gasteiger partial charge in [0, 0.05) is 23.0 Å². The summed E-state index contributed by atoms with van der Waals surface area (Å²) in [5, 5.41) is 0.449. The molecular weight excluding hydrogens is 422 g/mol. The second-order valence-corrected chi connectivity index (χ2v) is 7.13. The van der Waals surface area contributed by atoms with Gasteiger partial charge in [-0.1, -0.05) is 39.7 Å². The van der Waals surface area contributed by atoms with Crippen molar-refractivity contribution in [3.63, 3.8) is 0 Å². The molecule has 0 unspecified atom stereocenters. The zero-order valence-electron chi connectivity index (χ0n) is 13.5. The van der Waals surface area contributed by atoms with Gasteiger partial charge in [0.15, 0.2) is 0 Å². The van der Waals surface area contributed by atoms with Gasteiger partial charge in [-0.05, 0) is 36.4 Å². The molecule has 1 saturated heterocycles. The van der Waals surface area contributed by atoms with Crippen LogP contribution in [-0.4, -0.2) is 24.3 Å². The Balaban J connectivity index is 1.59. The zero-order valence-corrected chi connectivity index (χ0v) is 15.9. The molecule has 3 amide bonds. The molecule has 3 rings (SSSR count). The first-order valence-corrected chi connectivity index (χ1v) is 9.03. The third kappa shape index (κ3) is 4.05. The Morgan fingerprint density at radius 2 is 1.77 bits per heavy atom. The number of nitrogens with one attached hydrogen (secondary N) is 2. The van der Waals surface area contributed by atoms with E-state index < -0.39 is 17.7 Å². The lowest BCUT2D eigenvalue weighted by molar-refractivity contribution is -0.126. The Morgan fingerprint density at radius 3 is 2.46 bits per heavy atom. The summed E-state index contributed by atoms with van der Waals surface area (Å²) in [5.74, 6) is -1.60. The highest BCUT2D eigenvalue weighted by atomic mass is 79.9. The molecule has 0 aromatic heterocycles. The molecule has 1 fully saturated rings. The summed E-state index contributed by atoms with van der Waals surface area (Å²) in [6, 6.07) is 13.7. The lowest BCUT2D eigenvalue weighted by Crippen LogP contribution is -2.45. The Labute approximate surface area is 163 Å². The van der Waals surface area contributed by atoms with Gasteiger partial charge in [-0.3, -0.25) is 25.2 Å².